The quantitative estimate of drug-likeness (QED) is 0.820. The molecule has 1 aliphatic heterocycles. The molecule has 0 atom stereocenters. The van der Waals surface area contributed by atoms with E-state index in [1.807, 2.05) is 0 Å². The van der Waals surface area contributed by atoms with Gasteiger partial charge in [0.2, 0.25) is 0 Å². The molecule has 0 aromatic heterocycles. The predicted molar refractivity (Wildman–Crippen MR) is 91.5 cm³/mol. The Morgan fingerprint density at radius 1 is 1.08 bits per heavy atom. The Morgan fingerprint density at radius 2 is 1.79 bits per heavy atom. The average molecular weight is 389 g/mol. The third-order valence-corrected chi connectivity index (χ3v) is 4.25. The highest BCUT2D eigenvalue weighted by Gasteiger charge is 2.32. The highest BCUT2D eigenvalue weighted by Crippen LogP contribution is 2.27. The van der Waals surface area contributed by atoms with Gasteiger partial charge in [0.05, 0.1) is 23.8 Å². The smallest absolute Gasteiger partial charge is 0.261 e. The van der Waals surface area contributed by atoms with Gasteiger partial charge in [0.15, 0.2) is 0 Å². The van der Waals surface area contributed by atoms with Gasteiger partial charge in [-0.05, 0) is 36.4 Å². The number of ether oxygens (including phenoxy) is 1. The fraction of sp³-hybridized carbons (Fsp3) is 0.118. The number of hydrogen-bond acceptors (Lipinski definition) is 4. The van der Waals surface area contributed by atoms with E-state index in [9.17, 15) is 14.4 Å². The summed E-state index contributed by atoms with van der Waals surface area (Å²) in [6.45, 7) is 0. The van der Waals surface area contributed by atoms with Gasteiger partial charge in [0.1, 0.15) is 5.75 Å². The number of nitrogens with zero attached hydrogens (tertiary/aromatic N) is 1. The molecule has 2 aromatic rings. The van der Waals surface area contributed by atoms with Gasteiger partial charge in [-0.15, -0.1) is 0 Å². The third kappa shape index (κ3) is 2.67. The fourth-order valence-electron chi connectivity index (χ4n) is 2.50. The molecule has 0 unspecified atom stereocenters. The highest BCUT2D eigenvalue weighted by atomic mass is 79.9. The summed E-state index contributed by atoms with van der Waals surface area (Å²) >= 11 is 3.32. The first-order valence-electron chi connectivity index (χ1n) is 7.03. The second-order valence-corrected chi connectivity index (χ2v) is 6.14. The van der Waals surface area contributed by atoms with Crippen LogP contribution in [0.4, 0.5) is 5.69 Å². The van der Waals surface area contributed by atoms with Gasteiger partial charge in [-0.2, -0.15) is 0 Å². The van der Waals surface area contributed by atoms with Crippen molar-refractivity contribution in [3.05, 3.63) is 57.6 Å². The summed E-state index contributed by atoms with van der Waals surface area (Å²) in [6, 6.07) is 9.72. The van der Waals surface area contributed by atoms with Crippen molar-refractivity contribution in [2.45, 2.75) is 0 Å². The van der Waals surface area contributed by atoms with Gasteiger partial charge in [-0.25, -0.2) is 0 Å². The zero-order valence-electron chi connectivity index (χ0n) is 12.9. The number of methoxy groups -OCH3 is 1. The van der Waals surface area contributed by atoms with Crippen LogP contribution < -0.4 is 10.1 Å². The van der Waals surface area contributed by atoms with Crippen LogP contribution in [0.25, 0.3) is 0 Å². The summed E-state index contributed by atoms with van der Waals surface area (Å²) in [7, 11) is 2.91. The molecule has 122 valence electrons. The average Bonchev–Trinajstić information content (AvgIpc) is 2.79. The van der Waals surface area contributed by atoms with Gasteiger partial charge in [-0.3, -0.25) is 19.3 Å². The molecule has 0 saturated carbocycles. The van der Waals surface area contributed by atoms with Crippen LogP contribution in [0, 0.1) is 0 Å². The minimum atomic E-state index is -0.383. The van der Waals surface area contributed by atoms with Crippen LogP contribution in [-0.4, -0.2) is 36.8 Å². The lowest BCUT2D eigenvalue weighted by molar-refractivity contribution is 0.0692. The third-order valence-electron chi connectivity index (χ3n) is 3.75. The lowest BCUT2D eigenvalue weighted by atomic mass is 10.1. The van der Waals surface area contributed by atoms with Crippen LogP contribution >= 0.6 is 15.9 Å². The van der Waals surface area contributed by atoms with E-state index < -0.39 is 0 Å². The molecule has 2 aromatic carbocycles. The maximum absolute atomic E-state index is 12.5. The van der Waals surface area contributed by atoms with Crippen molar-refractivity contribution in [1.29, 1.82) is 0 Å². The number of benzene rings is 2. The number of anilines is 1. The summed E-state index contributed by atoms with van der Waals surface area (Å²) in [5.41, 5.74) is 1.39. The molecule has 0 saturated heterocycles. The van der Waals surface area contributed by atoms with E-state index in [0.29, 0.717) is 22.6 Å². The Bertz CT molecular complexity index is 879. The lowest BCUT2D eigenvalue weighted by Gasteiger charge is -2.10. The number of fused-ring (bicyclic) bond motifs is 1. The summed E-state index contributed by atoms with van der Waals surface area (Å²) in [5, 5.41) is 2.72. The second kappa shape index (κ2) is 6.09. The largest absolute Gasteiger partial charge is 0.496 e. The van der Waals surface area contributed by atoms with Crippen LogP contribution in [-0.2, 0) is 0 Å². The van der Waals surface area contributed by atoms with E-state index >= 15 is 0 Å². The molecule has 1 aliphatic rings. The molecule has 24 heavy (non-hydrogen) atoms. The van der Waals surface area contributed by atoms with Crippen molar-refractivity contribution in [2.75, 3.05) is 19.5 Å². The Balaban J connectivity index is 1.91. The molecule has 0 aliphatic carbocycles. The molecule has 1 heterocycles. The fourth-order valence-corrected chi connectivity index (χ4v) is 2.86. The SMILES string of the molecule is COc1ccc(Br)cc1C(=O)Nc1ccc2c(c1)C(=O)N(C)C2=O. The highest BCUT2D eigenvalue weighted by molar-refractivity contribution is 9.10. The summed E-state index contributed by atoms with van der Waals surface area (Å²) in [6.07, 6.45) is 0. The van der Waals surface area contributed by atoms with E-state index in [0.717, 1.165) is 9.37 Å². The number of halogens is 1. The van der Waals surface area contributed by atoms with E-state index in [1.54, 1.807) is 24.3 Å². The van der Waals surface area contributed by atoms with Crippen LogP contribution in [0.1, 0.15) is 31.1 Å². The second-order valence-electron chi connectivity index (χ2n) is 5.23. The number of hydrogen-bond donors (Lipinski definition) is 1. The molecular weight excluding hydrogens is 376 g/mol. The van der Waals surface area contributed by atoms with E-state index in [1.165, 1.54) is 26.3 Å². The first-order chi connectivity index (χ1) is 11.4. The van der Waals surface area contributed by atoms with Crippen molar-refractivity contribution in [3.63, 3.8) is 0 Å². The van der Waals surface area contributed by atoms with Gasteiger partial charge >= 0.3 is 0 Å². The minimum Gasteiger partial charge on any atom is -0.496 e. The predicted octanol–water partition coefficient (Wildman–Crippen LogP) is 2.94. The topological polar surface area (TPSA) is 75.7 Å². The molecule has 1 N–H and O–H groups in total. The van der Waals surface area contributed by atoms with Gasteiger partial charge in [0, 0.05) is 17.2 Å². The number of carbonyl (C=O) groups is 3. The first kappa shape index (κ1) is 16.2. The maximum atomic E-state index is 12.5. The van der Waals surface area contributed by atoms with E-state index in [4.69, 9.17) is 4.74 Å². The molecule has 0 spiro atoms. The maximum Gasteiger partial charge on any atom is 0.261 e. The van der Waals surface area contributed by atoms with E-state index in [2.05, 4.69) is 21.2 Å². The molecule has 0 fully saturated rings. The molecule has 0 radical (unpaired) electrons. The molecular formula is C17H13BrN2O4. The summed E-state index contributed by atoms with van der Waals surface area (Å²) in [5.74, 6) is -0.672. The molecule has 6 nitrogen and oxygen atoms in total. The Hall–Kier alpha value is -2.67. The Morgan fingerprint density at radius 3 is 2.50 bits per heavy atom. The number of carbonyl (C=O) groups excluding carboxylic acids is 3. The normalized spacial score (nSPS) is 13.0. The van der Waals surface area contributed by atoms with Gasteiger partial charge in [-0.1, -0.05) is 15.9 Å². The number of rotatable bonds is 3. The summed E-state index contributed by atoms with van der Waals surface area (Å²) in [4.78, 5) is 37.4. The zero-order valence-corrected chi connectivity index (χ0v) is 14.5. The van der Waals surface area contributed by atoms with Crippen LogP contribution in [0.15, 0.2) is 40.9 Å². The number of nitrogens with one attached hydrogen (secondary N) is 1. The van der Waals surface area contributed by atoms with Crippen LogP contribution in [0.5, 0.6) is 5.75 Å². The standard InChI is InChI=1S/C17H13BrN2O4/c1-20-16(22)11-5-4-10(8-12(11)17(20)23)19-15(21)13-7-9(18)3-6-14(13)24-2/h3-8H,1-2H3,(H,19,21). The Labute approximate surface area is 146 Å². The molecule has 3 rings (SSSR count). The van der Waals surface area contributed by atoms with Crippen molar-refractivity contribution in [2.24, 2.45) is 0 Å². The first-order valence-corrected chi connectivity index (χ1v) is 7.83. The molecule has 3 amide bonds. The molecule has 0 bridgehead atoms. The minimum absolute atomic E-state index is 0.279. The monoisotopic (exact) mass is 388 g/mol. The van der Waals surface area contributed by atoms with Crippen LogP contribution in [0.3, 0.4) is 0 Å². The van der Waals surface area contributed by atoms with Crippen molar-refractivity contribution >= 4 is 39.3 Å². The zero-order chi connectivity index (χ0) is 17.4. The lowest BCUT2D eigenvalue weighted by Crippen LogP contribution is -2.24. The number of imide groups is 1. The van der Waals surface area contributed by atoms with E-state index in [-0.39, 0.29) is 23.3 Å². The van der Waals surface area contributed by atoms with Gasteiger partial charge in [0.25, 0.3) is 17.7 Å². The molecule has 7 heteroatoms. The van der Waals surface area contributed by atoms with Crippen molar-refractivity contribution in [3.8, 4) is 5.75 Å². The van der Waals surface area contributed by atoms with Crippen LogP contribution in [0.2, 0.25) is 0 Å². The summed E-state index contributed by atoms with van der Waals surface area (Å²) < 4.78 is 5.93. The van der Waals surface area contributed by atoms with Crippen molar-refractivity contribution in [1.82, 2.24) is 4.90 Å². The van der Waals surface area contributed by atoms with Crippen molar-refractivity contribution < 1.29 is 19.1 Å². The Kier molecular flexibility index (Phi) is 4.11. The van der Waals surface area contributed by atoms with Gasteiger partial charge < -0.3 is 10.1 Å². The number of amides is 3.